The Morgan fingerprint density at radius 1 is 0.923 bits per heavy atom. The largest absolute Gasteiger partial charge is 0.461 e. The van der Waals surface area contributed by atoms with Gasteiger partial charge in [0.2, 0.25) is 0 Å². The number of aromatic nitrogens is 1. The number of hydrogen-bond donors (Lipinski definition) is 0. The molecule has 1 rings (SSSR count). The first-order chi connectivity index (χ1) is 12.1. The monoisotopic (exact) mass is 389 g/mol. The second kappa shape index (κ2) is 9.25. The van der Waals surface area contributed by atoms with Gasteiger partial charge < -0.3 is 14.2 Å². The van der Waals surface area contributed by atoms with Crippen LogP contribution in [0.3, 0.4) is 0 Å². The molecule has 0 aliphatic heterocycles. The second-order valence-corrected chi connectivity index (χ2v) is 6.65. The van der Waals surface area contributed by atoms with E-state index in [1.165, 1.54) is 13.1 Å². The Hall–Kier alpha value is -2.53. The minimum absolute atomic E-state index is 0.0143. The van der Waals surface area contributed by atoms with Crippen molar-refractivity contribution in [1.82, 2.24) is 4.98 Å². The average Bonchev–Trinajstić information content (AvgIpc) is 2.55. The van der Waals surface area contributed by atoms with Crippen molar-refractivity contribution < 1.29 is 41.2 Å². The molecule has 0 amide bonds. The fraction of sp³-hybridized carbons (Fsp3) is 0.467. The van der Waals surface area contributed by atoms with Crippen LogP contribution in [0.5, 0.6) is 0 Å². The first-order valence-electron chi connectivity index (χ1n) is 7.28. The molecule has 0 bridgehead atoms. The Morgan fingerprint density at radius 2 is 1.42 bits per heavy atom. The van der Waals surface area contributed by atoms with Gasteiger partial charge in [0, 0.05) is 38.1 Å². The van der Waals surface area contributed by atoms with Gasteiger partial charge in [-0.15, -0.1) is 0 Å². The van der Waals surface area contributed by atoms with Gasteiger partial charge in [0.1, 0.15) is 24.7 Å². The Morgan fingerprint density at radius 3 is 1.92 bits per heavy atom. The molecular weight excluding hydrogens is 370 g/mol. The normalized spacial score (nSPS) is 10.9. The van der Waals surface area contributed by atoms with Gasteiger partial charge in [-0.2, -0.15) is 8.42 Å². The van der Waals surface area contributed by atoms with Crippen molar-refractivity contribution in [3.63, 3.8) is 0 Å². The predicted octanol–water partition coefficient (Wildman–Crippen LogP) is 0.606. The molecule has 0 atom stereocenters. The highest BCUT2D eigenvalue weighted by Gasteiger charge is 2.28. The van der Waals surface area contributed by atoms with Crippen molar-refractivity contribution >= 4 is 28.0 Å². The van der Waals surface area contributed by atoms with E-state index in [0.717, 1.165) is 21.0 Å². The van der Waals surface area contributed by atoms with E-state index >= 15 is 0 Å². The molecule has 1 aromatic rings. The highest BCUT2D eigenvalue weighted by Crippen LogP contribution is 2.26. The molecule has 0 fully saturated rings. The van der Waals surface area contributed by atoms with Crippen LogP contribution in [0, 0.1) is 0 Å². The summed E-state index contributed by atoms with van der Waals surface area (Å²) in [6, 6.07) is 0. The third-order valence-electron chi connectivity index (χ3n) is 3.03. The van der Waals surface area contributed by atoms with Crippen molar-refractivity contribution in [3.8, 4) is 0 Å². The van der Waals surface area contributed by atoms with Gasteiger partial charge in [-0.05, 0) is 0 Å². The van der Waals surface area contributed by atoms with E-state index < -0.39 is 46.1 Å². The lowest BCUT2D eigenvalue weighted by Gasteiger charge is -2.17. The maximum atomic E-state index is 12.4. The first kappa shape index (κ1) is 21.5. The zero-order chi connectivity index (χ0) is 19.9. The summed E-state index contributed by atoms with van der Waals surface area (Å²) in [6.07, 6.45) is 1.25. The summed E-state index contributed by atoms with van der Waals surface area (Å²) >= 11 is 0. The molecule has 144 valence electrons. The quantitative estimate of drug-likeness (QED) is 0.353. The molecule has 1 heterocycles. The van der Waals surface area contributed by atoms with Crippen molar-refractivity contribution in [2.45, 2.75) is 45.5 Å². The summed E-state index contributed by atoms with van der Waals surface area (Å²) in [6.45, 7) is 2.32. The zero-order valence-electron chi connectivity index (χ0n) is 14.7. The number of rotatable bonds is 8. The molecule has 10 nitrogen and oxygen atoms in total. The van der Waals surface area contributed by atoms with E-state index in [0.29, 0.717) is 0 Å². The van der Waals surface area contributed by atoms with Crippen LogP contribution in [-0.2, 0) is 62.7 Å². The predicted molar refractivity (Wildman–Crippen MR) is 84.8 cm³/mol. The van der Waals surface area contributed by atoms with Crippen LogP contribution in [0.1, 0.15) is 37.6 Å². The fourth-order valence-electron chi connectivity index (χ4n) is 1.90. The van der Waals surface area contributed by atoms with E-state index in [-0.39, 0.29) is 23.4 Å². The summed E-state index contributed by atoms with van der Waals surface area (Å²) in [5.74, 6) is -1.88. The van der Waals surface area contributed by atoms with Gasteiger partial charge in [0.05, 0.1) is 12.8 Å². The molecule has 0 radical (unpaired) electrons. The second-order valence-electron chi connectivity index (χ2n) is 5.00. The van der Waals surface area contributed by atoms with Gasteiger partial charge in [0.15, 0.2) is 0 Å². The van der Waals surface area contributed by atoms with Crippen LogP contribution < -0.4 is 0 Å². The Balaban J connectivity index is 3.53. The number of hydrogen-bond acceptors (Lipinski definition) is 10. The summed E-state index contributed by atoms with van der Waals surface area (Å²) in [7, 11) is -3.36. The zero-order valence-corrected chi connectivity index (χ0v) is 15.5. The summed E-state index contributed by atoms with van der Waals surface area (Å²) in [5.41, 5.74) is 0.0971. The van der Waals surface area contributed by atoms with Gasteiger partial charge in [-0.3, -0.25) is 23.6 Å². The van der Waals surface area contributed by atoms with E-state index in [9.17, 15) is 22.8 Å². The molecule has 0 unspecified atom stereocenters. The van der Waals surface area contributed by atoms with Crippen molar-refractivity contribution in [3.05, 3.63) is 23.0 Å². The van der Waals surface area contributed by atoms with E-state index in [2.05, 4.69) is 9.17 Å². The lowest BCUT2D eigenvalue weighted by molar-refractivity contribution is -0.144. The third-order valence-corrected chi connectivity index (χ3v) is 4.45. The molecule has 0 spiro atoms. The van der Waals surface area contributed by atoms with E-state index in [1.807, 2.05) is 0 Å². The maximum absolute atomic E-state index is 12.4. The van der Waals surface area contributed by atoms with Gasteiger partial charge in [0.25, 0.3) is 10.1 Å². The molecule has 0 saturated heterocycles. The molecule has 11 heteroatoms. The number of pyridine rings is 1. The highest BCUT2D eigenvalue weighted by atomic mass is 32.2. The molecular formula is C15H19NO9S. The number of carbonyl (C=O) groups is 3. The fourth-order valence-corrected chi connectivity index (χ4v) is 2.96. The number of carbonyl (C=O) groups excluding carboxylic acids is 3. The molecule has 0 saturated carbocycles. The van der Waals surface area contributed by atoms with Crippen LogP contribution in [-0.4, -0.2) is 38.4 Å². The summed E-state index contributed by atoms with van der Waals surface area (Å²) in [4.78, 5) is 36.8. The van der Waals surface area contributed by atoms with Crippen molar-refractivity contribution in [2.75, 3.05) is 7.11 Å². The minimum atomic E-state index is -4.30. The number of ether oxygens (including phenoxy) is 3. The Kier molecular flexibility index (Phi) is 7.65. The SMILES string of the molecule is COS(=O)(=O)c1c(COC(C)=O)ncc(COC(C)=O)c1COC(C)=O. The first-order valence-corrected chi connectivity index (χ1v) is 8.69. The lowest BCUT2D eigenvalue weighted by Crippen LogP contribution is -2.17. The van der Waals surface area contributed by atoms with Crippen LogP contribution >= 0.6 is 0 Å². The van der Waals surface area contributed by atoms with E-state index in [4.69, 9.17) is 14.2 Å². The molecule has 1 aromatic heterocycles. The van der Waals surface area contributed by atoms with Crippen molar-refractivity contribution in [2.24, 2.45) is 0 Å². The van der Waals surface area contributed by atoms with Gasteiger partial charge >= 0.3 is 17.9 Å². The summed E-state index contributed by atoms with van der Waals surface area (Å²) in [5, 5.41) is 0. The Labute approximate surface area is 150 Å². The minimum Gasteiger partial charge on any atom is -0.461 e. The standard InChI is InChI=1S/C15H19NO9S/c1-9(17)23-6-12-5-16-14(8-25-11(3)19)15(26(20,21)22-4)13(12)7-24-10(2)18/h5H,6-8H2,1-4H3. The number of nitrogens with zero attached hydrogens (tertiary/aromatic N) is 1. The lowest BCUT2D eigenvalue weighted by atomic mass is 10.1. The van der Waals surface area contributed by atoms with Gasteiger partial charge in [-0.25, -0.2) is 0 Å². The summed E-state index contributed by atoms with van der Waals surface area (Å²) < 4.78 is 43.9. The van der Waals surface area contributed by atoms with Crippen LogP contribution in [0.2, 0.25) is 0 Å². The van der Waals surface area contributed by atoms with Crippen LogP contribution in [0.15, 0.2) is 11.1 Å². The third kappa shape index (κ3) is 6.08. The maximum Gasteiger partial charge on any atom is 0.303 e. The van der Waals surface area contributed by atoms with Gasteiger partial charge in [-0.1, -0.05) is 0 Å². The molecule has 0 N–H and O–H groups in total. The Bertz CT molecular complexity index is 802. The smallest absolute Gasteiger partial charge is 0.303 e. The van der Waals surface area contributed by atoms with Crippen molar-refractivity contribution in [1.29, 1.82) is 0 Å². The molecule has 0 aliphatic rings. The van der Waals surface area contributed by atoms with Crippen LogP contribution in [0.25, 0.3) is 0 Å². The molecule has 26 heavy (non-hydrogen) atoms. The topological polar surface area (TPSA) is 135 Å². The van der Waals surface area contributed by atoms with Crippen LogP contribution in [0.4, 0.5) is 0 Å². The molecule has 0 aliphatic carbocycles. The van der Waals surface area contributed by atoms with E-state index in [1.54, 1.807) is 0 Å². The molecule has 0 aromatic carbocycles. The average molecular weight is 389 g/mol. The number of esters is 3. The highest BCUT2D eigenvalue weighted by molar-refractivity contribution is 7.86.